The van der Waals surface area contributed by atoms with E-state index in [-0.39, 0.29) is 12.6 Å². The minimum absolute atomic E-state index is 0.0254. The van der Waals surface area contributed by atoms with Crippen LogP contribution in [0.25, 0.3) is 0 Å². The summed E-state index contributed by atoms with van der Waals surface area (Å²) >= 11 is 0. The Morgan fingerprint density at radius 3 is 3.08 bits per heavy atom. The molecule has 0 aliphatic carbocycles. The number of hydrogen-bond donors (Lipinski definition) is 1. The van der Waals surface area contributed by atoms with Crippen molar-refractivity contribution in [2.45, 2.75) is 6.42 Å². The molecule has 1 rings (SSSR count). The summed E-state index contributed by atoms with van der Waals surface area (Å²) in [6, 6.07) is 3.19. The van der Waals surface area contributed by atoms with Crippen LogP contribution < -0.4 is 0 Å². The Bertz CT molecular complexity index is 299. The minimum atomic E-state index is -0.387. The highest BCUT2D eigenvalue weighted by atomic mass is 16.5. The number of aliphatic hydroxyl groups excluding tert-OH is 1. The Hall–Kier alpha value is -1.42. The molecule has 1 heterocycles. The number of methoxy groups -OCH3 is 1. The van der Waals surface area contributed by atoms with Gasteiger partial charge in [0.2, 0.25) is 0 Å². The standard InChI is InChI=1S/C9H11NO3/c1-13-9(12)7-2-4-10-8(6-7)3-5-11/h2,4,6,11H,3,5H2,1H3. The average molecular weight is 181 g/mol. The SMILES string of the molecule is COC(=O)c1ccnc(CCO)c1. The van der Waals surface area contributed by atoms with Crippen LogP contribution in [0.15, 0.2) is 18.3 Å². The van der Waals surface area contributed by atoms with E-state index in [0.717, 1.165) is 0 Å². The van der Waals surface area contributed by atoms with Gasteiger partial charge in [0.25, 0.3) is 0 Å². The maximum Gasteiger partial charge on any atom is 0.337 e. The molecule has 0 unspecified atom stereocenters. The van der Waals surface area contributed by atoms with Crippen molar-refractivity contribution in [1.29, 1.82) is 0 Å². The first-order chi connectivity index (χ1) is 6.27. The summed E-state index contributed by atoms with van der Waals surface area (Å²) in [6.45, 7) is 0.0254. The quantitative estimate of drug-likeness (QED) is 0.686. The minimum Gasteiger partial charge on any atom is -0.465 e. The van der Waals surface area contributed by atoms with Gasteiger partial charge in [0.05, 0.1) is 12.7 Å². The van der Waals surface area contributed by atoms with Gasteiger partial charge in [-0.3, -0.25) is 4.98 Å². The second-order valence-corrected chi connectivity index (χ2v) is 2.50. The van der Waals surface area contributed by atoms with E-state index in [4.69, 9.17) is 5.11 Å². The molecule has 0 atom stereocenters. The summed E-state index contributed by atoms with van der Waals surface area (Å²) in [5.41, 5.74) is 1.14. The topological polar surface area (TPSA) is 59.4 Å². The molecular weight excluding hydrogens is 170 g/mol. The molecule has 1 aromatic rings. The predicted octanol–water partition coefficient (Wildman–Crippen LogP) is 0.403. The fraction of sp³-hybridized carbons (Fsp3) is 0.333. The second-order valence-electron chi connectivity index (χ2n) is 2.50. The number of nitrogens with zero attached hydrogens (tertiary/aromatic N) is 1. The fourth-order valence-electron chi connectivity index (χ4n) is 0.974. The molecular formula is C9H11NO3. The molecule has 0 amide bonds. The van der Waals surface area contributed by atoms with Crippen molar-refractivity contribution in [3.8, 4) is 0 Å². The van der Waals surface area contributed by atoms with Crippen molar-refractivity contribution < 1.29 is 14.6 Å². The molecule has 0 bridgehead atoms. The van der Waals surface area contributed by atoms with Gasteiger partial charge >= 0.3 is 5.97 Å². The normalized spacial score (nSPS) is 9.69. The maximum atomic E-state index is 11.1. The summed E-state index contributed by atoms with van der Waals surface area (Å²) in [4.78, 5) is 15.0. The smallest absolute Gasteiger partial charge is 0.337 e. The molecule has 1 aromatic heterocycles. The van der Waals surface area contributed by atoms with Gasteiger partial charge in [0.15, 0.2) is 0 Å². The van der Waals surface area contributed by atoms with E-state index >= 15 is 0 Å². The highest BCUT2D eigenvalue weighted by Gasteiger charge is 2.05. The van der Waals surface area contributed by atoms with Gasteiger partial charge < -0.3 is 9.84 Å². The summed E-state index contributed by atoms with van der Waals surface area (Å²) in [5, 5.41) is 8.65. The monoisotopic (exact) mass is 181 g/mol. The van der Waals surface area contributed by atoms with Crippen LogP contribution in [-0.2, 0) is 11.2 Å². The van der Waals surface area contributed by atoms with Crippen molar-refractivity contribution in [2.75, 3.05) is 13.7 Å². The second kappa shape index (κ2) is 4.57. The number of aliphatic hydroxyl groups is 1. The molecule has 0 fully saturated rings. The van der Waals surface area contributed by atoms with Crippen LogP contribution in [0, 0.1) is 0 Å². The molecule has 0 saturated heterocycles. The van der Waals surface area contributed by atoms with Crippen LogP contribution in [0.5, 0.6) is 0 Å². The third kappa shape index (κ3) is 2.52. The first-order valence-electron chi connectivity index (χ1n) is 3.92. The molecule has 13 heavy (non-hydrogen) atoms. The molecule has 4 nitrogen and oxygen atoms in total. The van der Waals surface area contributed by atoms with Crippen molar-refractivity contribution in [2.24, 2.45) is 0 Å². The number of esters is 1. The number of aromatic nitrogens is 1. The molecule has 0 aliphatic heterocycles. The lowest BCUT2D eigenvalue weighted by Crippen LogP contribution is -2.03. The molecule has 4 heteroatoms. The molecule has 0 radical (unpaired) electrons. The maximum absolute atomic E-state index is 11.1. The molecule has 0 spiro atoms. The Morgan fingerprint density at radius 2 is 2.46 bits per heavy atom. The lowest BCUT2D eigenvalue weighted by atomic mass is 10.2. The first-order valence-corrected chi connectivity index (χ1v) is 3.92. The predicted molar refractivity (Wildman–Crippen MR) is 46.4 cm³/mol. The first kappa shape index (κ1) is 9.67. The van der Waals surface area contributed by atoms with E-state index in [0.29, 0.717) is 17.7 Å². The molecule has 0 aromatic carbocycles. The van der Waals surface area contributed by atoms with Crippen molar-refractivity contribution in [1.82, 2.24) is 4.98 Å². The fourth-order valence-corrected chi connectivity index (χ4v) is 0.974. The van der Waals surface area contributed by atoms with Gasteiger partial charge in [-0.2, -0.15) is 0 Å². The van der Waals surface area contributed by atoms with Crippen LogP contribution in [-0.4, -0.2) is 29.8 Å². The molecule has 1 N–H and O–H groups in total. The molecule has 0 saturated carbocycles. The van der Waals surface area contributed by atoms with Gasteiger partial charge in [-0.15, -0.1) is 0 Å². The Kier molecular flexibility index (Phi) is 3.40. The lowest BCUT2D eigenvalue weighted by Gasteiger charge is -2.00. The van der Waals surface area contributed by atoms with Crippen molar-refractivity contribution in [3.05, 3.63) is 29.6 Å². The van der Waals surface area contributed by atoms with E-state index in [1.807, 2.05) is 0 Å². The van der Waals surface area contributed by atoms with Crippen LogP contribution in [0.1, 0.15) is 16.1 Å². The number of carbonyl (C=O) groups excluding carboxylic acids is 1. The third-order valence-electron chi connectivity index (χ3n) is 1.61. The molecule has 0 aliphatic rings. The van der Waals surface area contributed by atoms with Gasteiger partial charge in [-0.05, 0) is 12.1 Å². The van der Waals surface area contributed by atoms with E-state index < -0.39 is 0 Å². The number of ether oxygens (including phenoxy) is 1. The number of carbonyl (C=O) groups is 1. The number of hydrogen-bond acceptors (Lipinski definition) is 4. The average Bonchev–Trinajstić information content (AvgIpc) is 2.18. The van der Waals surface area contributed by atoms with Crippen LogP contribution in [0.2, 0.25) is 0 Å². The summed E-state index contributed by atoms with van der Waals surface area (Å²) in [6.07, 6.45) is 1.97. The highest BCUT2D eigenvalue weighted by Crippen LogP contribution is 2.03. The van der Waals surface area contributed by atoms with Crippen LogP contribution in [0.3, 0.4) is 0 Å². The van der Waals surface area contributed by atoms with Crippen molar-refractivity contribution >= 4 is 5.97 Å². The molecule has 70 valence electrons. The van der Waals surface area contributed by atoms with E-state index in [9.17, 15) is 4.79 Å². The van der Waals surface area contributed by atoms with Gasteiger partial charge in [0, 0.05) is 24.9 Å². The van der Waals surface area contributed by atoms with Gasteiger partial charge in [-0.25, -0.2) is 4.79 Å². The van der Waals surface area contributed by atoms with Crippen LogP contribution in [0.4, 0.5) is 0 Å². The number of pyridine rings is 1. The van der Waals surface area contributed by atoms with E-state index in [1.54, 1.807) is 12.1 Å². The van der Waals surface area contributed by atoms with E-state index in [2.05, 4.69) is 9.72 Å². The van der Waals surface area contributed by atoms with Crippen molar-refractivity contribution in [3.63, 3.8) is 0 Å². The zero-order valence-corrected chi connectivity index (χ0v) is 7.36. The highest BCUT2D eigenvalue weighted by molar-refractivity contribution is 5.89. The summed E-state index contributed by atoms with van der Waals surface area (Å²) in [5.74, 6) is -0.387. The van der Waals surface area contributed by atoms with Gasteiger partial charge in [0.1, 0.15) is 0 Å². The zero-order chi connectivity index (χ0) is 9.68. The Balaban J connectivity index is 2.85. The Labute approximate surface area is 76.2 Å². The summed E-state index contributed by atoms with van der Waals surface area (Å²) in [7, 11) is 1.33. The summed E-state index contributed by atoms with van der Waals surface area (Å²) < 4.78 is 4.54. The largest absolute Gasteiger partial charge is 0.465 e. The van der Waals surface area contributed by atoms with E-state index in [1.165, 1.54) is 13.3 Å². The zero-order valence-electron chi connectivity index (χ0n) is 7.36. The van der Waals surface area contributed by atoms with Crippen LogP contribution >= 0.6 is 0 Å². The number of rotatable bonds is 3. The third-order valence-corrected chi connectivity index (χ3v) is 1.61. The Morgan fingerprint density at radius 1 is 1.69 bits per heavy atom. The lowest BCUT2D eigenvalue weighted by molar-refractivity contribution is 0.0600. The van der Waals surface area contributed by atoms with Gasteiger partial charge in [-0.1, -0.05) is 0 Å².